The number of aryl methyl sites for hydroxylation is 1. The van der Waals surface area contributed by atoms with Crippen molar-refractivity contribution < 1.29 is 9.47 Å². The molecule has 0 bridgehead atoms. The number of para-hydroxylation sites is 1. The second kappa shape index (κ2) is 13.9. The van der Waals surface area contributed by atoms with Gasteiger partial charge in [-0.3, -0.25) is 0 Å². The number of halogens is 1. The third-order valence-corrected chi connectivity index (χ3v) is 8.94. The molecule has 2 aromatic carbocycles. The molecule has 0 aliphatic carbocycles. The molecule has 0 spiro atoms. The van der Waals surface area contributed by atoms with E-state index in [-0.39, 0.29) is 0 Å². The van der Waals surface area contributed by atoms with Gasteiger partial charge in [0.25, 0.3) is 0 Å². The van der Waals surface area contributed by atoms with Gasteiger partial charge >= 0.3 is 0 Å². The van der Waals surface area contributed by atoms with E-state index >= 15 is 0 Å². The minimum absolute atomic E-state index is 0.417. The topological polar surface area (TPSA) is 42.8 Å². The molecule has 2 aliphatic heterocycles. The molecule has 0 amide bonds. The van der Waals surface area contributed by atoms with Gasteiger partial charge in [-0.1, -0.05) is 17.7 Å². The van der Waals surface area contributed by atoms with Crippen molar-refractivity contribution in [2.45, 2.75) is 64.5 Å². The molecule has 0 radical (unpaired) electrons. The summed E-state index contributed by atoms with van der Waals surface area (Å²) in [6.07, 6.45) is 9.99. The Hall–Kier alpha value is -2.28. The average molecular weight is 553 g/mol. The molecule has 3 heterocycles. The van der Waals surface area contributed by atoms with Crippen molar-refractivity contribution in [2.24, 2.45) is 11.8 Å². The maximum atomic E-state index is 6.34. The zero-order chi connectivity index (χ0) is 27.0. The van der Waals surface area contributed by atoms with Gasteiger partial charge in [-0.05, 0) is 140 Å². The number of imidazole rings is 1. The molecule has 1 aromatic heterocycles. The molecule has 212 valence electrons. The summed E-state index contributed by atoms with van der Waals surface area (Å²) in [5.74, 6) is 4.30. The SMILES string of the molecule is CN1CCC(CCCOc2cccc3c2nc(COc2ccc(Cl)cc2)n3CCCC2CCN(C)CC2)CC1. The molecule has 6 nitrogen and oxygen atoms in total. The number of ether oxygens (including phenoxy) is 2. The molecular weight excluding hydrogens is 508 g/mol. The van der Waals surface area contributed by atoms with Gasteiger partial charge in [0.2, 0.25) is 0 Å². The summed E-state index contributed by atoms with van der Waals surface area (Å²) >= 11 is 6.07. The maximum Gasteiger partial charge on any atom is 0.148 e. The number of hydrogen-bond donors (Lipinski definition) is 0. The van der Waals surface area contributed by atoms with Crippen LogP contribution in [0.15, 0.2) is 42.5 Å². The Bertz CT molecular complexity index is 1160. The van der Waals surface area contributed by atoms with Crippen molar-refractivity contribution in [1.29, 1.82) is 0 Å². The van der Waals surface area contributed by atoms with Gasteiger partial charge in [-0.2, -0.15) is 0 Å². The van der Waals surface area contributed by atoms with Gasteiger partial charge in [-0.15, -0.1) is 0 Å². The van der Waals surface area contributed by atoms with Gasteiger partial charge < -0.3 is 23.8 Å². The Balaban J connectivity index is 1.25. The molecule has 3 aromatic rings. The Kier molecular flexibility index (Phi) is 10.0. The van der Waals surface area contributed by atoms with Crippen LogP contribution in [-0.2, 0) is 13.2 Å². The summed E-state index contributed by atoms with van der Waals surface area (Å²) in [7, 11) is 4.46. The van der Waals surface area contributed by atoms with Crippen LogP contribution in [0.4, 0.5) is 0 Å². The van der Waals surface area contributed by atoms with Crippen molar-refractivity contribution in [2.75, 3.05) is 46.9 Å². The van der Waals surface area contributed by atoms with E-state index in [1.165, 1.54) is 64.7 Å². The molecule has 0 saturated carbocycles. The number of nitrogens with zero attached hydrogens (tertiary/aromatic N) is 4. The second-order valence-corrected chi connectivity index (χ2v) is 12.1. The van der Waals surface area contributed by atoms with Crippen molar-refractivity contribution in [3.05, 3.63) is 53.3 Å². The second-order valence-electron chi connectivity index (χ2n) is 11.7. The van der Waals surface area contributed by atoms with Crippen molar-refractivity contribution >= 4 is 22.6 Å². The van der Waals surface area contributed by atoms with Crippen LogP contribution in [0.3, 0.4) is 0 Å². The first-order valence-corrected chi connectivity index (χ1v) is 15.3. The average Bonchev–Trinajstić information content (AvgIpc) is 3.31. The summed E-state index contributed by atoms with van der Waals surface area (Å²) in [5.41, 5.74) is 2.09. The van der Waals surface area contributed by atoms with E-state index in [4.69, 9.17) is 26.1 Å². The smallest absolute Gasteiger partial charge is 0.148 e. The molecule has 7 heteroatoms. The Morgan fingerprint density at radius 3 is 2.13 bits per heavy atom. The first-order chi connectivity index (χ1) is 19.0. The normalized spacial score (nSPS) is 18.1. The highest BCUT2D eigenvalue weighted by Crippen LogP contribution is 2.29. The number of fused-ring (bicyclic) bond motifs is 1. The molecule has 2 saturated heterocycles. The fourth-order valence-electron chi connectivity index (χ4n) is 6.12. The highest BCUT2D eigenvalue weighted by atomic mass is 35.5. The van der Waals surface area contributed by atoms with Crippen molar-refractivity contribution in [3.63, 3.8) is 0 Å². The zero-order valence-corrected chi connectivity index (χ0v) is 24.5. The molecule has 2 fully saturated rings. The monoisotopic (exact) mass is 552 g/mol. The Morgan fingerprint density at radius 2 is 1.46 bits per heavy atom. The van der Waals surface area contributed by atoms with Gasteiger partial charge in [0.1, 0.15) is 29.4 Å². The van der Waals surface area contributed by atoms with E-state index < -0.39 is 0 Å². The van der Waals surface area contributed by atoms with Crippen LogP contribution in [0.1, 0.15) is 57.2 Å². The molecule has 0 unspecified atom stereocenters. The highest BCUT2D eigenvalue weighted by molar-refractivity contribution is 6.30. The lowest BCUT2D eigenvalue weighted by Crippen LogP contribution is -2.30. The van der Waals surface area contributed by atoms with Gasteiger partial charge in [0, 0.05) is 11.6 Å². The van der Waals surface area contributed by atoms with Gasteiger partial charge in [0.05, 0.1) is 12.1 Å². The Labute approximate surface area is 239 Å². The van der Waals surface area contributed by atoms with Gasteiger partial charge in [-0.25, -0.2) is 4.98 Å². The van der Waals surface area contributed by atoms with Crippen LogP contribution in [0.5, 0.6) is 11.5 Å². The predicted octanol–water partition coefficient (Wildman–Crippen LogP) is 6.89. The van der Waals surface area contributed by atoms with Crippen LogP contribution < -0.4 is 9.47 Å². The number of rotatable bonds is 12. The third-order valence-electron chi connectivity index (χ3n) is 8.69. The minimum atomic E-state index is 0.417. The van der Waals surface area contributed by atoms with Crippen LogP contribution in [0, 0.1) is 11.8 Å². The summed E-state index contributed by atoms with van der Waals surface area (Å²) < 4.78 is 14.8. The highest BCUT2D eigenvalue weighted by Gasteiger charge is 2.19. The standard InChI is InChI=1S/C32H45ClN4O2/c1-35-19-14-25(15-20-35)6-4-18-37-29-8-3-9-30(38-23-5-7-26-16-21-36(2)22-17-26)32(29)34-31(37)24-39-28-12-10-27(33)11-13-28/h3,8-13,25-26H,4-7,14-24H2,1-2H3. The fraction of sp³-hybridized carbons (Fsp3) is 0.594. The van der Waals surface area contributed by atoms with Crippen LogP contribution >= 0.6 is 11.6 Å². The first kappa shape index (κ1) is 28.3. The number of likely N-dealkylation sites (tertiary alicyclic amines) is 2. The molecule has 0 N–H and O–H groups in total. The fourth-order valence-corrected chi connectivity index (χ4v) is 6.24. The molecule has 39 heavy (non-hydrogen) atoms. The lowest BCUT2D eigenvalue weighted by molar-refractivity contribution is 0.201. The van der Waals surface area contributed by atoms with E-state index in [0.29, 0.717) is 11.6 Å². The summed E-state index contributed by atoms with van der Waals surface area (Å²) in [6, 6.07) is 13.9. The number of hydrogen-bond acceptors (Lipinski definition) is 5. The van der Waals surface area contributed by atoms with Crippen molar-refractivity contribution in [3.8, 4) is 11.5 Å². The van der Waals surface area contributed by atoms with Crippen molar-refractivity contribution in [1.82, 2.24) is 19.4 Å². The number of piperidine rings is 2. The number of benzene rings is 2. The third kappa shape index (κ3) is 7.90. The summed E-state index contributed by atoms with van der Waals surface area (Å²) in [5, 5.41) is 0.709. The lowest BCUT2D eigenvalue weighted by Gasteiger charge is -2.29. The number of aromatic nitrogens is 2. The molecular formula is C32H45ClN4O2. The van der Waals surface area contributed by atoms with E-state index in [0.717, 1.165) is 66.2 Å². The zero-order valence-electron chi connectivity index (χ0n) is 23.8. The van der Waals surface area contributed by atoms with Crippen LogP contribution in [0.25, 0.3) is 11.0 Å². The predicted molar refractivity (Wildman–Crippen MR) is 160 cm³/mol. The maximum absolute atomic E-state index is 6.34. The molecule has 0 atom stereocenters. The Morgan fingerprint density at radius 1 is 0.821 bits per heavy atom. The molecule has 2 aliphatic rings. The molecule has 5 rings (SSSR count). The quantitative estimate of drug-likeness (QED) is 0.229. The first-order valence-electron chi connectivity index (χ1n) is 14.9. The largest absolute Gasteiger partial charge is 0.491 e. The van der Waals surface area contributed by atoms with Crippen LogP contribution in [-0.4, -0.2) is 66.2 Å². The summed E-state index contributed by atoms with van der Waals surface area (Å²) in [4.78, 5) is 9.95. The van der Waals surface area contributed by atoms with Gasteiger partial charge in [0.15, 0.2) is 0 Å². The lowest BCUT2D eigenvalue weighted by atomic mass is 9.92. The minimum Gasteiger partial charge on any atom is -0.491 e. The summed E-state index contributed by atoms with van der Waals surface area (Å²) in [6.45, 7) is 6.99. The van der Waals surface area contributed by atoms with E-state index in [9.17, 15) is 0 Å². The van der Waals surface area contributed by atoms with E-state index in [1.807, 2.05) is 24.3 Å². The van der Waals surface area contributed by atoms with E-state index in [1.54, 1.807) is 0 Å². The van der Waals surface area contributed by atoms with Crippen LogP contribution in [0.2, 0.25) is 5.02 Å². The van der Waals surface area contributed by atoms with E-state index in [2.05, 4.69) is 46.7 Å².